The molecule has 0 heterocycles. The molecular formula is C12H14O2. The van der Waals surface area contributed by atoms with E-state index in [1.165, 1.54) is 0 Å². The summed E-state index contributed by atoms with van der Waals surface area (Å²) in [6, 6.07) is 7.06. The molecule has 0 fully saturated rings. The Labute approximate surface area is 84.9 Å². The van der Waals surface area contributed by atoms with Crippen molar-refractivity contribution in [1.82, 2.24) is 0 Å². The minimum atomic E-state index is -0.485. The van der Waals surface area contributed by atoms with Crippen molar-refractivity contribution in [3.63, 3.8) is 0 Å². The number of hydrogen-bond acceptors (Lipinski definition) is 2. The maximum absolute atomic E-state index is 11.0. The van der Waals surface area contributed by atoms with Gasteiger partial charge < -0.3 is 4.74 Å². The minimum Gasteiger partial charge on any atom is -0.369 e. The summed E-state index contributed by atoms with van der Waals surface area (Å²) in [5, 5.41) is 0. The van der Waals surface area contributed by atoms with Crippen molar-refractivity contribution < 1.29 is 9.53 Å². The van der Waals surface area contributed by atoms with Gasteiger partial charge in [-0.15, -0.1) is 0 Å². The highest BCUT2D eigenvalue weighted by molar-refractivity contribution is 5.90. The molecule has 1 aromatic carbocycles. The molecule has 0 unspecified atom stereocenters. The van der Waals surface area contributed by atoms with Crippen LogP contribution in [0.3, 0.4) is 0 Å². The first kappa shape index (κ1) is 12.2. The smallest absolute Gasteiger partial charge is 0.352 e. The van der Waals surface area contributed by atoms with Gasteiger partial charge in [-0.3, -0.25) is 0 Å². The van der Waals surface area contributed by atoms with E-state index >= 15 is 0 Å². The molecule has 0 aliphatic heterocycles. The largest absolute Gasteiger partial charge is 0.369 e. The predicted octanol–water partition coefficient (Wildman–Crippen LogP) is 2.77. The molecule has 0 atom stereocenters. The second-order valence-corrected chi connectivity index (χ2v) is 2.38. The number of terminal acetylenes is 1. The average molecular weight is 190 g/mol. The van der Waals surface area contributed by atoms with Crippen LogP contribution in [-0.2, 0) is 4.74 Å². The average Bonchev–Trinajstić information content (AvgIpc) is 2.21. The summed E-state index contributed by atoms with van der Waals surface area (Å²) < 4.78 is 4.37. The summed E-state index contributed by atoms with van der Waals surface area (Å²) >= 11 is 0. The van der Waals surface area contributed by atoms with Gasteiger partial charge in [0.15, 0.2) is 0 Å². The highest BCUT2D eigenvalue weighted by Crippen LogP contribution is 2.04. The number of rotatable bonds is 1. The van der Waals surface area contributed by atoms with E-state index in [2.05, 4.69) is 4.74 Å². The summed E-state index contributed by atoms with van der Waals surface area (Å²) in [5.41, 5.74) is 1.48. The lowest BCUT2D eigenvalue weighted by Crippen LogP contribution is -2.00. The molecule has 0 radical (unpaired) electrons. The van der Waals surface area contributed by atoms with Crippen LogP contribution in [0.4, 0.5) is 0 Å². The second kappa shape index (κ2) is 6.73. The van der Waals surface area contributed by atoms with Crippen LogP contribution >= 0.6 is 0 Å². The maximum atomic E-state index is 11.0. The van der Waals surface area contributed by atoms with Crippen LogP contribution in [0.2, 0.25) is 0 Å². The Kier molecular flexibility index (Phi) is 5.89. The third-order valence-electron chi connectivity index (χ3n) is 1.41. The van der Waals surface area contributed by atoms with E-state index in [0.717, 1.165) is 5.56 Å². The van der Waals surface area contributed by atoms with Crippen LogP contribution in [0.5, 0.6) is 0 Å². The molecule has 2 nitrogen and oxygen atoms in total. The van der Waals surface area contributed by atoms with Crippen molar-refractivity contribution in [1.29, 1.82) is 0 Å². The molecule has 0 saturated heterocycles. The van der Waals surface area contributed by atoms with Crippen molar-refractivity contribution in [2.75, 3.05) is 0 Å². The summed E-state index contributed by atoms with van der Waals surface area (Å²) in [7, 11) is 0. The number of ether oxygens (including phenoxy) is 1. The number of aryl methyl sites for hydroxylation is 1. The number of hydrogen-bond donors (Lipinski definition) is 0. The first-order chi connectivity index (χ1) is 6.74. The van der Waals surface area contributed by atoms with Gasteiger partial charge in [-0.25, -0.2) is 4.79 Å². The number of carbonyl (C=O) groups excluding carboxylic acids is 1. The molecule has 2 heteroatoms. The van der Waals surface area contributed by atoms with Crippen LogP contribution in [0.1, 0.15) is 29.8 Å². The second-order valence-electron chi connectivity index (χ2n) is 2.38. The Balaban J connectivity index is 0.000000791. The Morgan fingerprint density at radius 3 is 2.57 bits per heavy atom. The van der Waals surface area contributed by atoms with Gasteiger partial charge in [0.25, 0.3) is 0 Å². The SMILES string of the molecule is C#COC(=O)c1cccc(C)c1.CC. The van der Waals surface area contributed by atoms with Crippen molar-refractivity contribution in [3.05, 3.63) is 35.4 Å². The molecule has 1 aromatic rings. The number of benzene rings is 1. The topological polar surface area (TPSA) is 26.3 Å². The van der Waals surface area contributed by atoms with Crippen LogP contribution in [-0.4, -0.2) is 5.97 Å². The first-order valence-electron chi connectivity index (χ1n) is 4.47. The molecule has 0 amide bonds. The summed E-state index contributed by atoms with van der Waals surface area (Å²) in [6.45, 7) is 5.90. The third kappa shape index (κ3) is 3.77. The quantitative estimate of drug-likeness (QED) is 0.502. The van der Waals surface area contributed by atoms with Crippen LogP contribution in [0.15, 0.2) is 24.3 Å². The molecule has 0 spiro atoms. The monoisotopic (exact) mass is 190 g/mol. The molecule has 0 N–H and O–H groups in total. The van der Waals surface area contributed by atoms with E-state index in [4.69, 9.17) is 6.42 Å². The normalized spacial score (nSPS) is 7.86. The maximum Gasteiger partial charge on any atom is 0.352 e. The Morgan fingerprint density at radius 2 is 2.07 bits per heavy atom. The van der Waals surface area contributed by atoms with Crippen LogP contribution in [0.25, 0.3) is 0 Å². The molecule has 0 bridgehead atoms. The summed E-state index contributed by atoms with van der Waals surface area (Å²) in [5.74, 6) is -0.485. The number of esters is 1. The van der Waals surface area contributed by atoms with E-state index in [0.29, 0.717) is 5.56 Å². The van der Waals surface area contributed by atoms with Crippen molar-refractivity contribution in [2.24, 2.45) is 0 Å². The van der Waals surface area contributed by atoms with E-state index in [-0.39, 0.29) is 0 Å². The molecular weight excluding hydrogens is 176 g/mol. The summed E-state index contributed by atoms with van der Waals surface area (Å²) in [4.78, 5) is 11.0. The van der Waals surface area contributed by atoms with E-state index in [1.807, 2.05) is 32.9 Å². The van der Waals surface area contributed by atoms with Crippen LogP contribution in [0, 0.1) is 19.5 Å². The molecule has 1 rings (SSSR count). The molecule has 0 aliphatic rings. The minimum absolute atomic E-state index is 0.480. The van der Waals surface area contributed by atoms with Gasteiger partial charge >= 0.3 is 5.97 Å². The zero-order valence-electron chi connectivity index (χ0n) is 8.70. The first-order valence-corrected chi connectivity index (χ1v) is 4.47. The van der Waals surface area contributed by atoms with Gasteiger partial charge in [0.05, 0.1) is 5.56 Å². The number of carbonyl (C=O) groups is 1. The standard InChI is InChI=1S/C10H8O2.C2H6/c1-3-12-10(11)9-6-4-5-8(2)7-9;1-2/h1,4-7H,2H3;1-2H3. The van der Waals surface area contributed by atoms with Gasteiger partial charge in [-0.2, -0.15) is 0 Å². The van der Waals surface area contributed by atoms with Gasteiger partial charge in [0.2, 0.25) is 0 Å². The Hall–Kier alpha value is -1.75. The lowest BCUT2D eigenvalue weighted by Gasteiger charge is -1.97. The van der Waals surface area contributed by atoms with Crippen LogP contribution < -0.4 is 0 Å². The summed E-state index contributed by atoms with van der Waals surface area (Å²) in [6.07, 6.45) is 6.65. The molecule has 74 valence electrons. The highest BCUT2D eigenvalue weighted by atomic mass is 16.5. The predicted molar refractivity (Wildman–Crippen MR) is 56.8 cm³/mol. The van der Waals surface area contributed by atoms with Crippen molar-refractivity contribution in [3.8, 4) is 12.5 Å². The molecule has 0 aliphatic carbocycles. The zero-order chi connectivity index (χ0) is 11.0. The molecule has 0 aromatic heterocycles. The molecule has 0 saturated carbocycles. The lowest BCUT2D eigenvalue weighted by molar-refractivity contribution is 0.0691. The fourth-order valence-electron chi connectivity index (χ4n) is 0.884. The fraction of sp³-hybridized carbons (Fsp3) is 0.250. The van der Waals surface area contributed by atoms with Gasteiger partial charge in [-0.05, 0) is 19.1 Å². The highest BCUT2D eigenvalue weighted by Gasteiger charge is 2.04. The molecule has 14 heavy (non-hydrogen) atoms. The zero-order valence-corrected chi connectivity index (χ0v) is 8.70. The van der Waals surface area contributed by atoms with E-state index < -0.39 is 5.97 Å². The van der Waals surface area contributed by atoms with E-state index in [9.17, 15) is 4.79 Å². The van der Waals surface area contributed by atoms with Crippen molar-refractivity contribution >= 4 is 5.97 Å². The fourth-order valence-corrected chi connectivity index (χ4v) is 0.884. The van der Waals surface area contributed by atoms with Gasteiger partial charge in [0.1, 0.15) is 6.11 Å². The van der Waals surface area contributed by atoms with Gasteiger partial charge in [0, 0.05) is 0 Å². The van der Waals surface area contributed by atoms with E-state index in [1.54, 1.807) is 18.2 Å². The Morgan fingerprint density at radius 1 is 1.43 bits per heavy atom. The lowest BCUT2D eigenvalue weighted by atomic mass is 10.1. The Bertz CT molecular complexity index is 334. The van der Waals surface area contributed by atoms with Gasteiger partial charge in [-0.1, -0.05) is 38.0 Å². The van der Waals surface area contributed by atoms with Crippen molar-refractivity contribution in [2.45, 2.75) is 20.8 Å². The third-order valence-corrected chi connectivity index (χ3v) is 1.41.